The number of nitrogens with zero attached hydrogens (tertiary/aromatic N) is 2. The summed E-state index contributed by atoms with van der Waals surface area (Å²) in [6, 6.07) is 12.6. The van der Waals surface area contributed by atoms with Crippen molar-refractivity contribution in [3.8, 4) is 11.1 Å². The minimum Gasteiger partial charge on any atom is -0.545 e. The minimum absolute atomic E-state index is 0.0888. The molecule has 140 valence electrons. The SMILES string of the molecule is Cc1ccc(-c2csc3ncn(Cc4cccc(C(=O)[O-])c4)c(=O)c23)cc1C. The normalized spacial score (nSPS) is 11.1. The van der Waals surface area contributed by atoms with Crippen LogP contribution in [0.5, 0.6) is 0 Å². The summed E-state index contributed by atoms with van der Waals surface area (Å²) in [6.45, 7) is 4.35. The van der Waals surface area contributed by atoms with Gasteiger partial charge in [0.15, 0.2) is 0 Å². The standard InChI is InChI=1S/C22H18N2O3S/c1-13-6-7-16(8-14(13)2)18-11-28-20-19(18)21(25)24(12-23-20)10-15-4-3-5-17(9-15)22(26)27/h3-9,11-12H,10H2,1-2H3,(H,26,27)/p-1. The lowest BCUT2D eigenvalue weighted by atomic mass is 10.0. The number of thiophene rings is 1. The Morgan fingerprint density at radius 3 is 2.71 bits per heavy atom. The topological polar surface area (TPSA) is 75.0 Å². The molecule has 4 aromatic rings. The maximum absolute atomic E-state index is 13.2. The molecular formula is C22H17N2O3S-. The third-order valence-electron chi connectivity index (χ3n) is 4.89. The van der Waals surface area contributed by atoms with Crippen LogP contribution in [0.15, 0.2) is 59.0 Å². The van der Waals surface area contributed by atoms with E-state index in [1.807, 2.05) is 18.4 Å². The van der Waals surface area contributed by atoms with E-state index in [9.17, 15) is 14.7 Å². The average molecular weight is 389 g/mol. The fourth-order valence-electron chi connectivity index (χ4n) is 3.19. The molecule has 2 aromatic carbocycles. The van der Waals surface area contributed by atoms with Crippen molar-refractivity contribution >= 4 is 27.5 Å². The number of carboxylic acids is 1. The van der Waals surface area contributed by atoms with Crippen LogP contribution in [0, 0.1) is 13.8 Å². The molecule has 0 amide bonds. The van der Waals surface area contributed by atoms with Crippen molar-refractivity contribution in [3.05, 3.63) is 86.8 Å². The fourth-order valence-corrected chi connectivity index (χ4v) is 4.10. The quantitative estimate of drug-likeness (QED) is 0.537. The molecule has 0 saturated heterocycles. The minimum atomic E-state index is -1.24. The van der Waals surface area contributed by atoms with Crippen LogP contribution in [-0.4, -0.2) is 15.5 Å². The van der Waals surface area contributed by atoms with Gasteiger partial charge in [-0.2, -0.15) is 0 Å². The van der Waals surface area contributed by atoms with E-state index in [1.54, 1.807) is 12.1 Å². The summed E-state index contributed by atoms with van der Waals surface area (Å²) in [6.07, 6.45) is 1.51. The molecular weight excluding hydrogens is 372 g/mol. The van der Waals surface area contributed by atoms with Crippen LogP contribution in [0.3, 0.4) is 0 Å². The molecule has 0 fully saturated rings. The van der Waals surface area contributed by atoms with Crippen LogP contribution in [0.4, 0.5) is 0 Å². The van der Waals surface area contributed by atoms with Crippen LogP contribution < -0.4 is 10.7 Å². The molecule has 0 aliphatic heterocycles. The Hall–Kier alpha value is -3.25. The van der Waals surface area contributed by atoms with E-state index in [0.29, 0.717) is 15.8 Å². The van der Waals surface area contributed by atoms with Crippen molar-refractivity contribution in [2.24, 2.45) is 0 Å². The second-order valence-electron chi connectivity index (χ2n) is 6.79. The summed E-state index contributed by atoms with van der Waals surface area (Å²) in [4.78, 5) is 29.4. The Labute approximate surface area is 165 Å². The third-order valence-corrected chi connectivity index (χ3v) is 5.78. The van der Waals surface area contributed by atoms with Gasteiger partial charge in [-0.1, -0.05) is 36.4 Å². The number of aromatic carboxylic acids is 1. The van der Waals surface area contributed by atoms with Crippen LogP contribution in [0.25, 0.3) is 21.3 Å². The molecule has 0 aliphatic carbocycles. The Morgan fingerprint density at radius 2 is 1.96 bits per heavy atom. The number of carbonyl (C=O) groups excluding carboxylic acids is 1. The number of rotatable bonds is 4. The van der Waals surface area contributed by atoms with Crippen molar-refractivity contribution in [1.82, 2.24) is 9.55 Å². The first-order chi connectivity index (χ1) is 13.4. The maximum Gasteiger partial charge on any atom is 0.263 e. The highest BCUT2D eigenvalue weighted by Crippen LogP contribution is 2.31. The fraction of sp³-hybridized carbons (Fsp3) is 0.136. The second-order valence-corrected chi connectivity index (χ2v) is 7.65. The smallest absolute Gasteiger partial charge is 0.263 e. The molecule has 0 atom stereocenters. The first-order valence-electron chi connectivity index (χ1n) is 8.78. The summed E-state index contributed by atoms with van der Waals surface area (Å²) < 4.78 is 1.51. The van der Waals surface area contributed by atoms with Crippen molar-refractivity contribution in [1.29, 1.82) is 0 Å². The van der Waals surface area contributed by atoms with Crippen LogP contribution >= 0.6 is 11.3 Å². The summed E-state index contributed by atoms with van der Waals surface area (Å²) in [5, 5.41) is 13.6. The summed E-state index contributed by atoms with van der Waals surface area (Å²) >= 11 is 1.44. The summed E-state index contributed by atoms with van der Waals surface area (Å²) in [5.41, 5.74) is 4.88. The number of hydrogen-bond acceptors (Lipinski definition) is 5. The first-order valence-corrected chi connectivity index (χ1v) is 9.66. The molecule has 0 unspecified atom stereocenters. The van der Waals surface area contributed by atoms with Crippen LogP contribution in [-0.2, 0) is 6.54 Å². The average Bonchev–Trinajstić information content (AvgIpc) is 3.11. The lowest BCUT2D eigenvalue weighted by Gasteiger charge is -2.09. The van der Waals surface area contributed by atoms with Gasteiger partial charge in [0.05, 0.1) is 24.2 Å². The number of aryl methyl sites for hydroxylation is 2. The summed E-state index contributed by atoms with van der Waals surface area (Å²) in [7, 11) is 0. The van der Waals surface area contributed by atoms with E-state index in [2.05, 4.69) is 24.0 Å². The van der Waals surface area contributed by atoms with Crippen molar-refractivity contribution in [2.45, 2.75) is 20.4 Å². The van der Waals surface area contributed by atoms with Gasteiger partial charge < -0.3 is 9.90 Å². The summed E-state index contributed by atoms with van der Waals surface area (Å²) in [5.74, 6) is -1.24. The van der Waals surface area contributed by atoms with E-state index in [1.165, 1.54) is 45.5 Å². The zero-order valence-electron chi connectivity index (χ0n) is 15.4. The van der Waals surface area contributed by atoms with Crippen molar-refractivity contribution in [3.63, 3.8) is 0 Å². The van der Waals surface area contributed by atoms with Crippen LogP contribution in [0.1, 0.15) is 27.0 Å². The van der Waals surface area contributed by atoms with E-state index in [4.69, 9.17) is 0 Å². The second kappa shape index (κ2) is 7.05. The van der Waals surface area contributed by atoms with Gasteiger partial charge in [0, 0.05) is 10.9 Å². The molecule has 28 heavy (non-hydrogen) atoms. The van der Waals surface area contributed by atoms with Crippen molar-refractivity contribution in [2.75, 3.05) is 0 Å². The van der Waals surface area contributed by atoms with Gasteiger partial charge in [-0.25, -0.2) is 4.98 Å². The lowest BCUT2D eigenvalue weighted by Crippen LogP contribution is -2.23. The number of fused-ring (bicyclic) bond motifs is 1. The van der Waals surface area contributed by atoms with E-state index >= 15 is 0 Å². The Bertz CT molecular complexity index is 1270. The molecule has 0 radical (unpaired) electrons. The highest BCUT2D eigenvalue weighted by molar-refractivity contribution is 7.17. The van der Waals surface area contributed by atoms with Gasteiger partial charge in [0.25, 0.3) is 5.56 Å². The van der Waals surface area contributed by atoms with E-state index in [0.717, 1.165) is 11.1 Å². The molecule has 0 spiro atoms. The van der Waals surface area contributed by atoms with Crippen molar-refractivity contribution < 1.29 is 9.90 Å². The third kappa shape index (κ3) is 3.23. The number of benzene rings is 2. The Balaban J connectivity index is 1.80. The lowest BCUT2D eigenvalue weighted by molar-refractivity contribution is -0.255. The van der Waals surface area contributed by atoms with Gasteiger partial charge in [0.2, 0.25) is 0 Å². The molecule has 5 nitrogen and oxygen atoms in total. The monoisotopic (exact) mass is 389 g/mol. The predicted molar refractivity (Wildman–Crippen MR) is 109 cm³/mol. The van der Waals surface area contributed by atoms with E-state index < -0.39 is 5.97 Å². The number of carbonyl (C=O) groups is 1. The van der Waals surface area contributed by atoms with E-state index in [-0.39, 0.29) is 17.7 Å². The highest BCUT2D eigenvalue weighted by atomic mass is 32.1. The molecule has 0 aliphatic rings. The molecule has 0 N–H and O–H groups in total. The molecule has 2 aromatic heterocycles. The van der Waals surface area contributed by atoms with Gasteiger partial charge in [0.1, 0.15) is 4.83 Å². The largest absolute Gasteiger partial charge is 0.545 e. The number of aromatic nitrogens is 2. The Morgan fingerprint density at radius 1 is 1.14 bits per heavy atom. The first kappa shape index (κ1) is 18.1. The van der Waals surface area contributed by atoms with Gasteiger partial charge in [-0.15, -0.1) is 11.3 Å². The molecule has 2 heterocycles. The molecule has 0 saturated carbocycles. The number of carboxylic acid groups (broad SMARTS) is 1. The molecule has 6 heteroatoms. The highest BCUT2D eigenvalue weighted by Gasteiger charge is 2.14. The Kier molecular flexibility index (Phi) is 4.57. The predicted octanol–water partition coefficient (Wildman–Crippen LogP) is 3.15. The zero-order valence-corrected chi connectivity index (χ0v) is 16.2. The molecule has 0 bridgehead atoms. The van der Waals surface area contributed by atoms with Crippen LogP contribution in [0.2, 0.25) is 0 Å². The van der Waals surface area contributed by atoms with Gasteiger partial charge in [-0.05, 0) is 47.7 Å². The number of hydrogen-bond donors (Lipinski definition) is 0. The maximum atomic E-state index is 13.2. The van der Waals surface area contributed by atoms with Gasteiger partial charge in [-0.3, -0.25) is 9.36 Å². The van der Waals surface area contributed by atoms with Gasteiger partial charge >= 0.3 is 0 Å². The zero-order chi connectivity index (χ0) is 19.8. The molecule has 4 rings (SSSR count).